The van der Waals surface area contributed by atoms with Crippen molar-refractivity contribution in [1.29, 1.82) is 0 Å². The number of fused-ring (bicyclic) bond motifs is 22. The van der Waals surface area contributed by atoms with Gasteiger partial charge in [0.05, 0.1) is 17.9 Å². The molecule has 6 atom stereocenters. The van der Waals surface area contributed by atoms with E-state index < -0.39 is 11.9 Å². The van der Waals surface area contributed by atoms with Gasteiger partial charge in [0.15, 0.2) is 0 Å². The van der Waals surface area contributed by atoms with E-state index in [2.05, 4.69) is 220 Å². The molecule has 8 aromatic carbocycles. The highest BCUT2D eigenvalue weighted by Gasteiger charge is 2.66. The molecule has 4 nitrogen and oxygen atoms in total. The van der Waals surface area contributed by atoms with E-state index in [9.17, 15) is 2.74 Å². The fraction of sp³-hybridized carbons (Fsp3) is 0.351. The molecule has 10 aromatic rings. The Morgan fingerprint density at radius 1 is 0.500 bits per heavy atom. The Labute approximate surface area is 476 Å². The largest absolute Gasteiger partial charge is 0.338 e. The molecule has 0 bridgehead atoms. The van der Waals surface area contributed by atoms with Crippen molar-refractivity contribution in [2.45, 2.75) is 153 Å². The predicted octanol–water partition coefficient (Wildman–Crippen LogP) is 14.4. The van der Waals surface area contributed by atoms with Gasteiger partial charge in [0, 0.05) is 85.4 Å². The Balaban J connectivity index is 0.000000126. The third-order valence-electron chi connectivity index (χ3n) is 22.7. The van der Waals surface area contributed by atoms with Crippen LogP contribution in [0.1, 0.15) is 150 Å². The zero-order valence-corrected chi connectivity index (χ0v) is 48.0. The lowest BCUT2D eigenvalue weighted by atomic mass is 9.33. The number of anilines is 4. The maximum atomic E-state index is 10.1. The second kappa shape index (κ2) is 15.5. The van der Waals surface area contributed by atoms with Crippen molar-refractivity contribution in [1.82, 2.24) is 9.13 Å². The summed E-state index contributed by atoms with van der Waals surface area (Å²) >= 11 is 0. The molecular formula is C74H72B2N4. The van der Waals surface area contributed by atoms with Crippen LogP contribution in [0.4, 0.5) is 22.7 Å². The van der Waals surface area contributed by atoms with Gasteiger partial charge in [-0.3, -0.25) is 0 Å². The third kappa shape index (κ3) is 5.58. The highest BCUT2D eigenvalue weighted by molar-refractivity contribution is 7.01. The van der Waals surface area contributed by atoms with Crippen molar-refractivity contribution in [3.05, 3.63) is 168 Å². The number of benzene rings is 8. The summed E-state index contributed by atoms with van der Waals surface area (Å²) in [6, 6.07) is 54.7. The van der Waals surface area contributed by atoms with E-state index >= 15 is 0 Å². The number of rotatable bonds is 0. The topological polar surface area (TPSA) is 16.3 Å². The van der Waals surface area contributed by atoms with E-state index in [0.29, 0.717) is 0 Å². The first-order valence-corrected chi connectivity index (χ1v) is 30.8. The van der Waals surface area contributed by atoms with Gasteiger partial charge in [-0.25, -0.2) is 0 Å². The molecule has 19 rings (SSSR count). The van der Waals surface area contributed by atoms with Gasteiger partial charge in [0.25, 0.3) is 13.4 Å². The normalized spacial score (nSPS) is 26.9. The van der Waals surface area contributed by atoms with Crippen LogP contribution >= 0.6 is 0 Å². The molecule has 6 heteroatoms. The molecule has 0 N–H and O–H groups in total. The van der Waals surface area contributed by atoms with Gasteiger partial charge >= 0.3 is 0 Å². The molecular weight excluding hydrogens is 966 g/mol. The van der Waals surface area contributed by atoms with Crippen molar-refractivity contribution in [3.8, 4) is 11.4 Å². The lowest BCUT2D eigenvalue weighted by molar-refractivity contribution is 0.0321. The van der Waals surface area contributed by atoms with Crippen LogP contribution in [-0.2, 0) is 16.2 Å². The summed E-state index contributed by atoms with van der Waals surface area (Å²) in [5.74, 6) is 0.669. The first-order valence-electron chi connectivity index (χ1n) is 31.8. The first-order chi connectivity index (χ1) is 39.5. The van der Waals surface area contributed by atoms with E-state index in [1.54, 1.807) is 16.7 Å². The SMILES string of the molecule is CC(C)(C)c1cc2c3c(c1)C1(C)C4CCCCC4CCC1(C)N3c1cccc3c1B2c1cccc2c4ccccc4n-3c12.[2H]C12CCCCC1([2H])N1c3cccc4c3B(c3cc(C(C)(C)C)cc2c31)c1cccc2c3ccccc3n-4c12. The molecule has 80 heavy (non-hydrogen) atoms. The maximum Gasteiger partial charge on any atom is 0.252 e. The zero-order valence-electron chi connectivity index (χ0n) is 50.0. The molecule has 8 heterocycles. The second-order valence-electron chi connectivity index (χ2n) is 28.4. The standard InChI is InChI=1S/C40H41BN2.C34H31BN2/c1-38(2,3)25-22-29-37-31(23-25)41-30-16-10-14-27-26-13-7-9-17-32(26)42(36(27)30)33-18-11-19-34(35(33)41)43(37)39(4)21-20-24-12-6-8-15-28(24)40(29,39)5;1-34(2,3)20-18-24-22-11-5-7-15-28(22)37-30-17-9-16-29-31(30)35(26(19-20)33(24)37)25-13-8-12-23-21-10-4-6-14-27(21)36(29)32(23)25/h7,9-11,13-14,16-19,22-24,28H,6,8,12,15,20-21H2,1-5H3;4,6,8-10,12-14,16-19,22,28H,5,7,11,15H2,1-3H3/i;22D,28D. The number of para-hydroxylation sites is 4. The number of hydrogen-bond acceptors (Lipinski definition) is 2. The first kappa shape index (κ1) is 44.8. The fourth-order valence-electron chi connectivity index (χ4n) is 18.9. The van der Waals surface area contributed by atoms with Crippen LogP contribution in [0.3, 0.4) is 0 Å². The van der Waals surface area contributed by atoms with Gasteiger partial charge in [-0.05, 0) is 153 Å². The van der Waals surface area contributed by atoms with Gasteiger partial charge in [-0.15, -0.1) is 0 Å². The summed E-state index contributed by atoms with van der Waals surface area (Å²) in [7, 11) is 0. The molecule has 394 valence electrons. The highest BCUT2D eigenvalue weighted by atomic mass is 15.3. The minimum atomic E-state index is -1.01. The molecule has 0 spiro atoms. The van der Waals surface area contributed by atoms with Gasteiger partial charge in [-0.2, -0.15) is 0 Å². The van der Waals surface area contributed by atoms with Crippen LogP contribution in [0.15, 0.2) is 146 Å². The Hall–Kier alpha value is -6.91. The molecule has 0 radical (unpaired) electrons. The molecule has 3 fully saturated rings. The molecule has 0 saturated heterocycles. The van der Waals surface area contributed by atoms with Gasteiger partial charge in [-0.1, -0.05) is 190 Å². The molecule has 0 amide bonds. The third-order valence-corrected chi connectivity index (χ3v) is 22.7. The Morgan fingerprint density at radius 2 is 1.02 bits per heavy atom. The van der Waals surface area contributed by atoms with Crippen molar-refractivity contribution < 1.29 is 2.74 Å². The Morgan fingerprint density at radius 3 is 1.68 bits per heavy atom. The monoisotopic (exact) mass is 1040 g/mol. The second-order valence-corrected chi connectivity index (χ2v) is 28.4. The highest BCUT2D eigenvalue weighted by Crippen LogP contribution is 2.67. The zero-order chi connectivity index (χ0) is 55.5. The van der Waals surface area contributed by atoms with E-state index in [1.807, 2.05) is 0 Å². The van der Waals surface area contributed by atoms with Gasteiger partial charge in [0.2, 0.25) is 0 Å². The van der Waals surface area contributed by atoms with Crippen LogP contribution < -0.4 is 42.6 Å². The lowest BCUT2D eigenvalue weighted by Crippen LogP contribution is -2.65. The molecule has 3 saturated carbocycles. The average Bonchev–Trinajstić information content (AvgIpc) is 1.63. The summed E-state index contributed by atoms with van der Waals surface area (Å²) in [5.41, 5.74) is 27.3. The fourth-order valence-corrected chi connectivity index (χ4v) is 18.9. The van der Waals surface area contributed by atoms with Crippen molar-refractivity contribution >= 4 is 113 Å². The number of nitrogens with zero attached hydrogens (tertiary/aromatic N) is 4. The van der Waals surface area contributed by atoms with E-state index in [1.165, 1.54) is 138 Å². The van der Waals surface area contributed by atoms with E-state index in [-0.39, 0.29) is 35.2 Å². The van der Waals surface area contributed by atoms with Crippen LogP contribution in [0.2, 0.25) is 0 Å². The smallest absolute Gasteiger partial charge is 0.252 e. The minimum absolute atomic E-state index is 0.0516. The van der Waals surface area contributed by atoms with Crippen LogP contribution in [-0.4, -0.2) is 34.1 Å². The minimum Gasteiger partial charge on any atom is -0.338 e. The Kier molecular flexibility index (Phi) is 8.70. The molecule has 2 aromatic heterocycles. The molecule has 9 aliphatic rings. The number of hydrogen-bond donors (Lipinski definition) is 0. The van der Waals surface area contributed by atoms with Gasteiger partial charge < -0.3 is 18.9 Å². The number of aromatic nitrogens is 2. The molecule has 6 aliphatic heterocycles. The van der Waals surface area contributed by atoms with Crippen LogP contribution in [0, 0.1) is 11.8 Å². The molecule has 6 unspecified atom stereocenters. The van der Waals surface area contributed by atoms with E-state index in [0.717, 1.165) is 54.5 Å². The molecule has 3 aliphatic carbocycles. The quantitative estimate of drug-likeness (QED) is 0.141. The summed E-state index contributed by atoms with van der Waals surface area (Å²) in [5, 5.41) is 5.33. The summed E-state index contributed by atoms with van der Waals surface area (Å²) < 4.78 is 25.1. The summed E-state index contributed by atoms with van der Waals surface area (Å²) in [6.45, 7) is 19.8. The lowest BCUT2D eigenvalue weighted by Gasteiger charge is -2.58. The van der Waals surface area contributed by atoms with E-state index in [4.69, 9.17) is 0 Å². The van der Waals surface area contributed by atoms with Crippen LogP contribution in [0.25, 0.3) is 55.0 Å². The summed E-state index contributed by atoms with van der Waals surface area (Å²) in [4.78, 5) is 5.21. The van der Waals surface area contributed by atoms with Crippen molar-refractivity contribution in [2.24, 2.45) is 11.8 Å². The maximum absolute atomic E-state index is 10.1. The summed E-state index contributed by atoms with van der Waals surface area (Å²) in [6.07, 6.45) is 11.7. The van der Waals surface area contributed by atoms with Crippen molar-refractivity contribution in [3.63, 3.8) is 0 Å². The average molecular weight is 1040 g/mol. The van der Waals surface area contributed by atoms with Crippen LogP contribution in [0.5, 0.6) is 0 Å². The van der Waals surface area contributed by atoms with Crippen molar-refractivity contribution in [2.75, 3.05) is 9.80 Å². The van der Waals surface area contributed by atoms with Gasteiger partial charge in [0.1, 0.15) is 0 Å². The Bertz CT molecular complexity index is 4540. The predicted molar refractivity (Wildman–Crippen MR) is 341 cm³/mol.